The molecule has 1 aromatic carbocycles. The van der Waals surface area contributed by atoms with Gasteiger partial charge in [0, 0.05) is 24.2 Å². The van der Waals surface area contributed by atoms with Crippen LogP contribution in [0, 0.1) is 6.92 Å². The number of benzene rings is 1. The van der Waals surface area contributed by atoms with Gasteiger partial charge in [-0.05, 0) is 51.3 Å². The molecule has 0 aromatic heterocycles. The fourth-order valence-electron chi connectivity index (χ4n) is 3.36. The summed E-state index contributed by atoms with van der Waals surface area (Å²) >= 11 is 0. The highest BCUT2D eigenvalue weighted by Gasteiger charge is 2.36. The highest BCUT2D eigenvalue weighted by Crippen LogP contribution is 2.26. The summed E-state index contributed by atoms with van der Waals surface area (Å²) in [6, 6.07) is 8.86. The minimum Gasteiger partial charge on any atom is -0.334 e. The zero-order chi connectivity index (χ0) is 13.2. The molecule has 1 N–H and O–H groups in total. The largest absolute Gasteiger partial charge is 0.334 e. The van der Waals surface area contributed by atoms with Crippen molar-refractivity contribution in [2.45, 2.75) is 44.7 Å². The van der Waals surface area contributed by atoms with Gasteiger partial charge in [0.15, 0.2) is 0 Å². The molecular formula is C16H22N2O. The summed E-state index contributed by atoms with van der Waals surface area (Å²) in [5.74, 6) is 0.205. The molecule has 2 atom stereocenters. The molecule has 2 aliphatic heterocycles. The van der Waals surface area contributed by atoms with Crippen LogP contribution in [0.3, 0.4) is 0 Å². The van der Waals surface area contributed by atoms with Crippen molar-refractivity contribution >= 4 is 5.91 Å². The van der Waals surface area contributed by atoms with Gasteiger partial charge >= 0.3 is 0 Å². The lowest BCUT2D eigenvalue weighted by atomic mass is 10.0. The van der Waals surface area contributed by atoms with Crippen LogP contribution < -0.4 is 5.32 Å². The van der Waals surface area contributed by atoms with E-state index in [4.69, 9.17) is 0 Å². The van der Waals surface area contributed by atoms with Gasteiger partial charge < -0.3 is 10.2 Å². The number of carbonyl (C=O) groups is 1. The molecule has 3 rings (SSSR count). The molecule has 1 aromatic rings. The van der Waals surface area contributed by atoms with E-state index in [0.29, 0.717) is 12.1 Å². The Morgan fingerprint density at radius 2 is 2.00 bits per heavy atom. The Balaban J connectivity index is 1.76. The first kappa shape index (κ1) is 12.7. The molecule has 2 aliphatic rings. The summed E-state index contributed by atoms with van der Waals surface area (Å²) in [6.07, 6.45) is 4.74. The number of hydrogen-bond acceptors (Lipinski definition) is 2. The number of aryl methyl sites for hydroxylation is 1. The van der Waals surface area contributed by atoms with Crippen LogP contribution in [0.25, 0.3) is 0 Å². The monoisotopic (exact) mass is 258 g/mol. The molecular weight excluding hydrogens is 236 g/mol. The molecule has 0 spiro atoms. The maximum Gasteiger partial charge on any atom is 0.254 e. The van der Waals surface area contributed by atoms with E-state index in [-0.39, 0.29) is 5.91 Å². The fraction of sp³-hybridized carbons (Fsp3) is 0.562. The molecule has 0 saturated carbocycles. The highest BCUT2D eigenvalue weighted by molar-refractivity contribution is 5.94. The Hall–Kier alpha value is -1.35. The number of nitrogens with one attached hydrogen (secondary N) is 1. The number of carbonyl (C=O) groups excluding carboxylic acids is 1. The average molecular weight is 258 g/mol. The predicted molar refractivity (Wildman–Crippen MR) is 76.3 cm³/mol. The van der Waals surface area contributed by atoms with Crippen LogP contribution in [0.15, 0.2) is 24.3 Å². The van der Waals surface area contributed by atoms with Crippen molar-refractivity contribution in [2.24, 2.45) is 0 Å². The van der Waals surface area contributed by atoms with Crippen LogP contribution in [-0.4, -0.2) is 36.0 Å². The Kier molecular flexibility index (Phi) is 3.56. The first-order chi connectivity index (χ1) is 9.25. The van der Waals surface area contributed by atoms with Crippen molar-refractivity contribution < 1.29 is 4.79 Å². The Morgan fingerprint density at radius 1 is 1.21 bits per heavy atom. The van der Waals surface area contributed by atoms with E-state index in [1.165, 1.54) is 18.4 Å². The van der Waals surface area contributed by atoms with Crippen molar-refractivity contribution in [1.29, 1.82) is 0 Å². The SMILES string of the molecule is Cc1ccc(C(=O)N2CCCC2C2CCCN2)cc1. The van der Waals surface area contributed by atoms with Crippen molar-refractivity contribution in [3.05, 3.63) is 35.4 Å². The van der Waals surface area contributed by atoms with Crippen LogP contribution in [0.1, 0.15) is 41.6 Å². The van der Waals surface area contributed by atoms with Crippen LogP contribution in [0.5, 0.6) is 0 Å². The smallest absolute Gasteiger partial charge is 0.254 e. The van der Waals surface area contributed by atoms with E-state index in [2.05, 4.69) is 17.1 Å². The van der Waals surface area contributed by atoms with Crippen molar-refractivity contribution in [1.82, 2.24) is 10.2 Å². The fourth-order valence-corrected chi connectivity index (χ4v) is 3.36. The minimum atomic E-state index is 0.205. The molecule has 19 heavy (non-hydrogen) atoms. The van der Waals surface area contributed by atoms with Gasteiger partial charge in [-0.2, -0.15) is 0 Å². The lowest BCUT2D eigenvalue weighted by Gasteiger charge is -2.29. The average Bonchev–Trinajstić information content (AvgIpc) is 3.09. The number of likely N-dealkylation sites (tertiary alicyclic amines) is 1. The van der Waals surface area contributed by atoms with Gasteiger partial charge in [-0.3, -0.25) is 4.79 Å². The van der Waals surface area contributed by atoms with E-state index in [1.807, 2.05) is 24.3 Å². The third-order valence-electron chi connectivity index (χ3n) is 4.42. The summed E-state index contributed by atoms with van der Waals surface area (Å²) in [6.45, 7) is 4.07. The number of rotatable bonds is 2. The number of nitrogens with zero attached hydrogens (tertiary/aromatic N) is 1. The summed E-state index contributed by atoms with van der Waals surface area (Å²) in [4.78, 5) is 14.7. The molecule has 1 amide bonds. The van der Waals surface area contributed by atoms with E-state index < -0.39 is 0 Å². The quantitative estimate of drug-likeness (QED) is 0.883. The summed E-state index contributed by atoms with van der Waals surface area (Å²) in [7, 11) is 0. The molecule has 0 aliphatic carbocycles. The Bertz CT molecular complexity index is 448. The number of hydrogen-bond donors (Lipinski definition) is 1. The molecule has 0 radical (unpaired) electrons. The first-order valence-corrected chi connectivity index (χ1v) is 7.37. The summed E-state index contributed by atoms with van der Waals surface area (Å²) in [5.41, 5.74) is 2.03. The lowest BCUT2D eigenvalue weighted by molar-refractivity contribution is 0.0711. The Morgan fingerprint density at radius 3 is 2.68 bits per heavy atom. The minimum absolute atomic E-state index is 0.205. The lowest BCUT2D eigenvalue weighted by Crippen LogP contribution is -2.46. The molecule has 2 fully saturated rings. The number of amides is 1. The van der Waals surface area contributed by atoms with Gasteiger partial charge in [0.1, 0.15) is 0 Å². The van der Waals surface area contributed by atoms with Gasteiger partial charge in [0.25, 0.3) is 5.91 Å². The van der Waals surface area contributed by atoms with E-state index in [0.717, 1.165) is 31.5 Å². The highest BCUT2D eigenvalue weighted by atomic mass is 16.2. The molecule has 2 heterocycles. The molecule has 102 valence electrons. The van der Waals surface area contributed by atoms with Gasteiger partial charge in [0.05, 0.1) is 0 Å². The van der Waals surface area contributed by atoms with Crippen molar-refractivity contribution in [2.75, 3.05) is 13.1 Å². The maximum atomic E-state index is 12.6. The second kappa shape index (κ2) is 5.33. The zero-order valence-electron chi connectivity index (χ0n) is 11.6. The second-order valence-electron chi connectivity index (χ2n) is 5.78. The van der Waals surface area contributed by atoms with E-state index >= 15 is 0 Å². The second-order valence-corrected chi connectivity index (χ2v) is 5.78. The first-order valence-electron chi connectivity index (χ1n) is 7.37. The van der Waals surface area contributed by atoms with Crippen LogP contribution in [0.4, 0.5) is 0 Å². The van der Waals surface area contributed by atoms with Crippen molar-refractivity contribution in [3.8, 4) is 0 Å². The normalized spacial score (nSPS) is 26.9. The van der Waals surface area contributed by atoms with Crippen LogP contribution in [0.2, 0.25) is 0 Å². The van der Waals surface area contributed by atoms with Gasteiger partial charge in [-0.15, -0.1) is 0 Å². The summed E-state index contributed by atoms with van der Waals surface area (Å²) in [5, 5.41) is 3.55. The van der Waals surface area contributed by atoms with E-state index in [1.54, 1.807) is 0 Å². The molecule has 3 nitrogen and oxygen atoms in total. The van der Waals surface area contributed by atoms with Crippen molar-refractivity contribution in [3.63, 3.8) is 0 Å². The molecule has 2 saturated heterocycles. The standard InChI is InChI=1S/C16H22N2O/c1-12-6-8-13(9-7-12)16(19)18-11-3-5-15(18)14-4-2-10-17-14/h6-9,14-15,17H,2-5,10-11H2,1H3. The molecule has 0 bridgehead atoms. The van der Waals surface area contributed by atoms with Gasteiger partial charge in [-0.1, -0.05) is 17.7 Å². The molecule has 2 unspecified atom stereocenters. The van der Waals surface area contributed by atoms with E-state index in [9.17, 15) is 4.79 Å². The van der Waals surface area contributed by atoms with Gasteiger partial charge in [0.2, 0.25) is 0 Å². The third-order valence-corrected chi connectivity index (χ3v) is 4.42. The van der Waals surface area contributed by atoms with Crippen LogP contribution >= 0.6 is 0 Å². The summed E-state index contributed by atoms with van der Waals surface area (Å²) < 4.78 is 0. The molecule has 3 heteroatoms. The topological polar surface area (TPSA) is 32.3 Å². The Labute approximate surface area is 115 Å². The van der Waals surface area contributed by atoms with Gasteiger partial charge in [-0.25, -0.2) is 0 Å². The predicted octanol–water partition coefficient (Wildman–Crippen LogP) is 2.35. The third kappa shape index (κ3) is 2.52. The maximum absolute atomic E-state index is 12.6. The zero-order valence-corrected chi connectivity index (χ0v) is 11.6. The van der Waals surface area contributed by atoms with Crippen LogP contribution in [-0.2, 0) is 0 Å².